The second-order valence-corrected chi connectivity index (χ2v) is 9.31. The Morgan fingerprint density at radius 1 is 1.03 bits per heavy atom. The lowest BCUT2D eigenvalue weighted by atomic mass is 10.1. The third-order valence-electron chi connectivity index (χ3n) is 6.09. The van der Waals surface area contributed by atoms with Gasteiger partial charge >= 0.3 is 0 Å². The maximum Gasteiger partial charge on any atom is 0.214 e. The second-order valence-electron chi connectivity index (χ2n) is 8.40. The van der Waals surface area contributed by atoms with Gasteiger partial charge in [0.15, 0.2) is 0 Å². The lowest BCUT2D eigenvalue weighted by Gasteiger charge is -2.29. The third-order valence-corrected chi connectivity index (χ3v) is 6.62. The molecule has 32 heavy (non-hydrogen) atoms. The molecule has 2 fully saturated rings. The van der Waals surface area contributed by atoms with Crippen molar-refractivity contribution in [3.63, 3.8) is 0 Å². The molecule has 0 saturated carbocycles. The van der Waals surface area contributed by atoms with Gasteiger partial charge in [-0.25, -0.2) is 4.98 Å². The normalized spacial score (nSPS) is 23.4. The van der Waals surface area contributed by atoms with Gasteiger partial charge in [0.25, 0.3) is 0 Å². The van der Waals surface area contributed by atoms with E-state index in [1.54, 1.807) is 12.5 Å². The molecule has 6 nitrogen and oxygen atoms in total. The number of imidazole rings is 1. The molecule has 0 bridgehead atoms. The molecule has 2 unspecified atom stereocenters. The molecule has 0 amide bonds. The van der Waals surface area contributed by atoms with Gasteiger partial charge in [-0.3, -0.25) is 0 Å². The number of benzene rings is 2. The summed E-state index contributed by atoms with van der Waals surface area (Å²) >= 11 is 3.51. The molecule has 168 valence electrons. The van der Waals surface area contributed by atoms with Gasteiger partial charge in [0, 0.05) is 41.2 Å². The van der Waals surface area contributed by atoms with E-state index in [0.717, 1.165) is 28.9 Å². The van der Waals surface area contributed by atoms with E-state index in [1.807, 2.05) is 47.2 Å². The van der Waals surface area contributed by atoms with Gasteiger partial charge in [0.1, 0.15) is 18.5 Å². The second kappa shape index (κ2) is 9.65. The Hall–Kier alpha value is -2.35. The molecule has 0 aliphatic carbocycles. The molecule has 2 aliphatic rings. The lowest BCUT2D eigenvalue weighted by Crippen LogP contribution is -2.34. The van der Waals surface area contributed by atoms with Crippen LogP contribution in [0.2, 0.25) is 0 Å². The summed E-state index contributed by atoms with van der Waals surface area (Å²) in [6.45, 7) is 3.71. The highest BCUT2D eigenvalue weighted by Gasteiger charge is 2.44. The van der Waals surface area contributed by atoms with Gasteiger partial charge < -0.3 is 23.7 Å². The Morgan fingerprint density at radius 3 is 2.53 bits per heavy atom. The largest absolute Gasteiger partial charge is 0.491 e. The zero-order chi connectivity index (χ0) is 21.8. The van der Waals surface area contributed by atoms with Crippen LogP contribution in [0.3, 0.4) is 0 Å². The first-order chi connectivity index (χ1) is 15.7. The van der Waals surface area contributed by atoms with Gasteiger partial charge in [-0.05, 0) is 55.7 Å². The minimum Gasteiger partial charge on any atom is -0.491 e. The van der Waals surface area contributed by atoms with E-state index in [2.05, 4.69) is 37.9 Å². The number of rotatable bonds is 7. The highest BCUT2D eigenvalue weighted by atomic mass is 79.9. The highest BCUT2D eigenvalue weighted by Crippen LogP contribution is 2.37. The number of piperidine rings is 1. The van der Waals surface area contributed by atoms with Crippen LogP contribution in [0.1, 0.15) is 24.8 Å². The molecule has 0 spiro atoms. The number of halogens is 1. The Labute approximate surface area is 197 Å². The van der Waals surface area contributed by atoms with Crippen molar-refractivity contribution >= 4 is 21.6 Å². The van der Waals surface area contributed by atoms with E-state index >= 15 is 0 Å². The average Bonchev–Trinajstić information content (AvgIpc) is 3.50. The van der Waals surface area contributed by atoms with Crippen molar-refractivity contribution in [3.8, 4) is 5.75 Å². The van der Waals surface area contributed by atoms with Crippen molar-refractivity contribution in [1.82, 2.24) is 9.55 Å². The van der Waals surface area contributed by atoms with Crippen LogP contribution in [0, 0.1) is 0 Å². The topological polar surface area (TPSA) is 48.8 Å². The number of ether oxygens (including phenoxy) is 3. The van der Waals surface area contributed by atoms with Gasteiger partial charge in [0.05, 0.1) is 19.5 Å². The quantitative estimate of drug-likeness (QED) is 0.460. The fourth-order valence-electron chi connectivity index (χ4n) is 4.39. The number of aromatic nitrogens is 2. The van der Waals surface area contributed by atoms with Gasteiger partial charge in [-0.1, -0.05) is 28.1 Å². The van der Waals surface area contributed by atoms with E-state index in [-0.39, 0.29) is 6.10 Å². The van der Waals surface area contributed by atoms with E-state index in [4.69, 9.17) is 14.2 Å². The molecule has 3 heterocycles. The number of anilines is 1. The molecule has 3 aromatic rings. The first-order valence-electron chi connectivity index (χ1n) is 11.2. The third kappa shape index (κ3) is 4.85. The molecule has 2 aliphatic heterocycles. The average molecular weight is 498 g/mol. The number of nitrogens with zero attached hydrogens (tertiary/aromatic N) is 3. The Kier molecular flexibility index (Phi) is 6.48. The van der Waals surface area contributed by atoms with Gasteiger partial charge in [0.2, 0.25) is 5.79 Å². The standard InChI is InChI=1S/C25H28BrN3O3/c26-21-6-4-20(5-7-21)25(18-28-15-12-27-19-28)31-17-24(32-25)16-30-23-10-8-22(9-11-23)29-13-2-1-3-14-29/h4-12,15,19,24H,1-3,13-14,16-18H2. The molecule has 2 atom stereocenters. The maximum atomic E-state index is 6.47. The molecule has 0 N–H and O–H groups in total. The van der Waals surface area contributed by atoms with E-state index in [1.165, 1.54) is 24.9 Å². The zero-order valence-corrected chi connectivity index (χ0v) is 19.6. The fourth-order valence-corrected chi connectivity index (χ4v) is 4.66. The summed E-state index contributed by atoms with van der Waals surface area (Å²) < 4.78 is 21.8. The summed E-state index contributed by atoms with van der Waals surface area (Å²) in [6.07, 6.45) is 9.18. The summed E-state index contributed by atoms with van der Waals surface area (Å²) in [7, 11) is 0. The van der Waals surface area contributed by atoms with Gasteiger partial charge in [-0.2, -0.15) is 0 Å². The highest BCUT2D eigenvalue weighted by molar-refractivity contribution is 9.10. The lowest BCUT2D eigenvalue weighted by molar-refractivity contribution is -0.189. The van der Waals surface area contributed by atoms with Crippen molar-refractivity contribution in [1.29, 1.82) is 0 Å². The predicted octanol–water partition coefficient (Wildman–Crippen LogP) is 4.98. The smallest absolute Gasteiger partial charge is 0.214 e. The van der Waals surface area contributed by atoms with E-state index in [0.29, 0.717) is 19.8 Å². The van der Waals surface area contributed by atoms with Crippen molar-refractivity contribution in [2.24, 2.45) is 0 Å². The summed E-state index contributed by atoms with van der Waals surface area (Å²) in [5.74, 6) is -0.0156. The first-order valence-corrected chi connectivity index (χ1v) is 12.0. The van der Waals surface area contributed by atoms with Crippen LogP contribution < -0.4 is 9.64 Å². The van der Waals surface area contributed by atoms with Gasteiger partial charge in [-0.15, -0.1) is 0 Å². The molecular formula is C25H28BrN3O3. The summed E-state index contributed by atoms with van der Waals surface area (Å²) in [4.78, 5) is 6.60. The van der Waals surface area contributed by atoms with Crippen LogP contribution in [-0.2, 0) is 21.8 Å². The van der Waals surface area contributed by atoms with Crippen LogP contribution in [0.5, 0.6) is 5.75 Å². The van der Waals surface area contributed by atoms with Crippen LogP contribution in [-0.4, -0.2) is 42.0 Å². The molecule has 1 aromatic heterocycles. The minimum atomic E-state index is -0.868. The Morgan fingerprint density at radius 2 is 1.81 bits per heavy atom. The Balaban J connectivity index is 1.24. The maximum absolute atomic E-state index is 6.47. The molecule has 2 saturated heterocycles. The minimum absolute atomic E-state index is 0.163. The number of hydrogen-bond acceptors (Lipinski definition) is 5. The van der Waals surface area contributed by atoms with Crippen molar-refractivity contribution in [3.05, 3.63) is 77.3 Å². The zero-order valence-electron chi connectivity index (χ0n) is 18.0. The molecule has 0 radical (unpaired) electrons. The van der Waals surface area contributed by atoms with Crippen molar-refractivity contribution in [2.75, 3.05) is 31.2 Å². The first kappa shape index (κ1) is 21.5. The summed E-state index contributed by atoms with van der Waals surface area (Å²) in [5.41, 5.74) is 2.25. The fraction of sp³-hybridized carbons (Fsp3) is 0.400. The summed E-state index contributed by atoms with van der Waals surface area (Å²) in [5, 5.41) is 0. The predicted molar refractivity (Wildman–Crippen MR) is 127 cm³/mol. The SMILES string of the molecule is Brc1ccc(C2(Cn3ccnc3)OCC(COc3ccc(N4CCCCC4)cc3)O2)cc1. The molecule has 7 heteroatoms. The molecule has 2 aromatic carbocycles. The van der Waals surface area contributed by atoms with Crippen LogP contribution in [0.25, 0.3) is 0 Å². The van der Waals surface area contributed by atoms with Crippen molar-refractivity contribution in [2.45, 2.75) is 37.7 Å². The van der Waals surface area contributed by atoms with Crippen molar-refractivity contribution < 1.29 is 14.2 Å². The molecule has 5 rings (SSSR count). The van der Waals surface area contributed by atoms with Crippen LogP contribution in [0.15, 0.2) is 71.7 Å². The van der Waals surface area contributed by atoms with Crippen LogP contribution in [0.4, 0.5) is 5.69 Å². The Bertz CT molecular complexity index is 988. The number of hydrogen-bond donors (Lipinski definition) is 0. The summed E-state index contributed by atoms with van der Waals surface area (Å²) in [6, 6.07) is 16.5. The van der Waals surface area contributed by atoms with E-state index < -0.39 is 5.79 Å². The monoisotopic (exact) mass is 497 g/mol. The van der Waals surface area contributed by atoms with Crippen LogP contribution >= 0.6 is 15.9 Å². The van der Waals surface area contributed by atoms with E-state index in [9.17, 15) is 0 Å². The molecular weight excluding hydrogens is 470 g/mol.